The molecule has 1 aliphatic carbocycles. The fraction of sp³-hybridized carbons (Fsp3) is 0.465. The lowest BCUT2D eigenvalue weighted by atomic mass is 9.75. The van der Waals surface area contributed by atoms with Crippen LogP contribution in [0.3, 0.4) is 0 Å². The highest BCUT2D eigenvalue weighted by molar-refractivity contribution is 6.03. The summed E-state index contributed by atoms with van der Waals surface area (Å²) in [5.74, 6) is 1.80. The number of piperidine rings is 1. The minimum atomic E-state index is -0.771. The molecule has 0 radical (unpaired) electrons. The van der Waals surface area contributed by atoms with E-state index >= 15 is 0 Å². The van der Waals surface area contributed by atoms with Gasteiger partial charge in [0.25, 0.3) is 0 Å². The van der Waals surface area contributed by atoms with E-state index in [1.54, 1.807) is 47.9 Å². The number of nitrogens with zero attached hydrogens (tertiary/aromatic N) is 11. The maximum absolute atomic E-state index is 12.8. The second-order valence-corrected chi connectivity index (χ2v) is 16.6. The maximum Gasteiger partial charge on any atom is 0.236 e. The molecule has 0 unspecified atom stereocenters. The van der Waals surface area contributed by atoms with E-state index in [0.717, 1.165) is 81.0 Å². The van der Waals surface area contributed by atoms with Crippen molar-refractivity contribution >= 4 is 40.0 Å². The van der Waals surface area contributed by atoms with Crippen LogP contribution in [0.5, 0.6) is 5.75 Å². The van der Waals surface area contributed by atoms with Crippen molar-refractivity contribution < 1.29 is 14.3 Å². The van der Waals surface area contributed by atoms with E-state index in [9.17, 15) is 20.1 Å². The van der Waals surface area contributed by atoms with Gasteiger partial charge in [-0.05, 0) is 95.5 Å². The summed E-state index contributed by atoms with van der Waals surface area (Å²) in [5.41, 5.74) is 10.1. The number of piperazine rings is 1. The zero-order valence-electron chi connectivity index (χ0n) is 34.4. The molecule has 2 amide bonds. The van der Waals surface area contributed by atoms with Gasteiger partial charge in [-0.2, -0.15) is 20.3 Å². The van der Waals surface area contributed by atoms with Crippen molar-refractivity contribution in [2.24, 2.45) is 5.92 Å². The molecule has 8 rings (SSSR count). The van der Waals surface area contributed by atoms with Gasteiger partial charge in [-0.25, -0.2) is 14.6 Å². The Hall–Kier alpha value is -6.59. The van der Waals surface area contributed by atoms with Crippen molar-refractivity contribution in [2.75, 3.05) is 49.2 Å². The van der Waals surface area contributed by atoms with Crippen molar-refractivity contribution in [2.45, 2.75) is 89.1 Å². The molecule has 4 N–H and O–H groups in total. The van der Waals surface area contributed by atoms with Gasteiger partial charge in [-0.3, -0.25) is 19.8 Å². The van der Waals surface area contributed by atoms with Gasteiger partial charge in [0.05, 0.1) is 59.8 Å². The summed E-state index contributed by atoms with van der Waals surface area (Å²) in [7, 11) is 1.67. The van der Waals surface area contributed by atoms with Crippen LogP contribution in [0.1, 0.15) is 88.5 Å². The molecule has 6 heterocycles. The third kappa shape index (κ3) is 7.80. The standard InChI is InChI=1S/C43H50N14O3/c1-26(20-44)49-33-19-38(57-41-31(22-48-57)17-30(21-45)40(46)51-41)47-23-36(33)56-25-34(52-53-56)29-7-5-28(6-8-29)12-14-54-15-16-55(27(2)24-54)35-10-9-32(18-37(35)60-4)43(3)13-11-39(58)50-42(43)59/h9-10,17-19,22-23,25-29H,5-8,11-16,24H2,1-4H3,(H2,46,51)(H,47,49)(H,50,58,59)/t26-,27-,28?,29?,43-/m1/s1. The number of fused-ring (bicyclic) bond motifs is 1. The van der Waals surface area contributed by atoms with E-state index < -0.39 is 11.5 Å². The van der Waals surface area contributed by atoms with Crippen molar-refractivity contribution in [1.82, 2.24) is 45.0 Å². The van der Waals surface area contributed by atoms with Crippen molar-refractivity contribution in [3.8, 4) is 29.4 Å². The Morgan fingerprint density at radius 3 is 2.65 bits per heavy atom. The number of imide groups is 1. The average Bonchev–Trinajstić information content (AvgIpc) is 3.92. The lowest BCUT2D eigenvalue weighted by molar-refractivity contribution is -0.137. The number of hydrogen-bond acceptors (Lipinski definition) is 14. The first kappa shape index (κ1) is 40.2. The number of hydrogen-bond donors (Lipinski definition) is 3. The predicted molar refractivity (Wildman–Crippen MR) is 225 cm³/mol. The quantitative estimate of drug-likeness (QED) is 0.153. The smallest absolute Gasteiger partial charge is 0.236 e. The molecule has 2 aliphatic heterocycles. The highest BCUT2D eigenvalue weighted by Crippen LogP contribution is 2.40. The number of nitrogens with one attached hydrogen (secondary N) is 2. The summed E-state index contributed by atoms with van der Waals surface area (Å²) in [5, 5.41) is 39.0. The Balaban J connectivity index is 0.867. The van der Waals surface area contributed by atoms with E-state index in [1.807, 2.05) is 31.3 Å². The lowest BCUT2D eigenvalue weighted by Gasteiger charge is -2.42. The molecule has 17 nitrogen and oxygen atoms in total. The number of anilines is 3. The van der Waals surface area contributed by atoms with Crippen LogP contribution in [0.4, 0.5) is 17.2 Å². The summed E-state index contributed by atoms with van der Waals surface area (Å²) in [6, 6.07) is 13.6. The van der Waals surface area contributed by atoms with Gasteiger partial charge >= 0.3 is 0 Å². The van der Waals surface area contributed by atoms with Crippen LogP contribution in [0, 0.1) is 28.6 Å². The summed E-state index contributed by atoms with van der Waals surface area (Å²) < 4.78 is 9.13. The topological polar surface area (TPSA) is 222 Å². The molecule has 17 heteroatoms. The van der Waals surface area contributed by atoms with Crippen LogP contribution in [-0.4, -0.2) is 96.8 Å². The van der Waals surface area contributed by atoms with Crippen molar-refractivity contribution in [3.05, 3.63) is 65.7 Å². The Labute approximate surface area is 348 Å². The number of benzene rings is 1. The highest BCUT2D eigenvalue weighted by atomic mass is 16.5. The van der Waals surface area contributed by atoms with Gasteiger partial charge in [-0.15, -0.1) is 5.10 Å². The fourth-order valence-corrected chi connectivity index (χ4v) is 8.97. The van der Waals surface area contributed by atoms with Crippen LogP contribution in [0.25, 0.3) is 22.5 Å². The zero-order chi connectivity index (χ0) is 42.1. The Morgan fingerprint density at radius 1 is 1.10 bits per heavy atom. The minimum absolute atomic E-state index is 0.110. The highest BCUT2D eigenvalue weighted by Gasteiger charge is 2.41. The second-order valence-electron chi connectivity index (χ2n) is 16.6. The third-order valence-corrected chi connectivity index (χ3v) is 12.7. The molecular formula is C43H50N14O3. The first-order valence-corrected chi connectivity index (χ1v) is 20.6. The fourth-order valence-electron chi connectivity index (χ4n) is 8.97. The number of carbonyl (C=O) groups is 2. The molecule has 0 bridgehead atoms. The minimum Gasteiger partial charge on any atom is -0.495 e. The molecule has 4 aromatic heterocycles. The van der Waals surface area contributed by atoms with Gasteiger partial charge < -0.3 is 20.7 Å². The van der Waals surface area contributed by atoms with E-state index in [1.165, 1.54) is 0 Å². The molecular weight excluding hydrogens is 761 g/mol. The summed E-state index contributed by atoms with van der Waals surface area (Å²) in [4.78, 5) is 38.7. The van der Waals surface area contributed by atoms with Crippen LogP contribution in [0.2, 0.25) is 0 Å². The first-order chi connectivity index (χ1) is 29.0. The lowest BCUT2D eigenvalue weighted by Crippen LogP contribution is -2.52. The first-order valence-electron chi connectivity index (χ1n) is 20.6. The second kappa shape index (κ2) is 16.6. The van der Waals surface area contributed by atoms with Crippen LogP contribution < -0.4 is 26.0 Å². The molecule has 3 fully saturated rings. The largest absolute Gasteiger partial charge is 0.495 e. The van der Waals surface area contributed by atoms with Crippen LogP contribution in [0.15, 0.2) is 48.9 Å². The third-order valence-electron chi connectivity index (χ3n) is 12.7. The SMILES string of the molecule is COc1cc([C@@]2(C)CCC(=O)NC2=O)ccc1N1CCN(CCC2CCC(c3cn(-c4cnc(-n5ncc6cc(C#N)c(N)nc65)cc4N[C@H](C)C#N)nn3)CC2)C[C@H]1C. The van der Waals surface area contributed by atoms with Crippen molar-refractivity contribution in [3.63, 3.8) is 0 Å². The number of nitriles is 2. The molecule has 2 saturated heterocycles. The van der Waals surface area contributed by atoms with Crippen molar-refractivity contribution in [1.29, 1.82) is 10.5 Å². The molecule has 1 aromatic carbocycles. The molecule has 3 aliphatic rings. The maximum atomic E-state index is 12.8. The number of methoxy groups -OCH3 is 1. The summed E-state index contributed by atoms with van der Waals surface area (Å²) >= 11 is 0. The summed E-state index contributed by atoms with van der Waals surface area (Å²) in [6.07, 6.45) is 11.6. The van der Waals surface area contributed by atoms with Gasteiger partial charge in [0, 0.05) is 49.5 Å². The van der Waals surface area contributed by atoms with E-state index in [4.69, 9.17) is 10.5 Å². The summed E-state index contributed by atoms with van der Waals surface area (Å²) in [6.45, 7) is 9.79. The Kier molecular flexibility index (Phi) is 11.1. The van der Waals surface area contributed by atoms with E-state index in [2.05, 4.69) is 64.9 Å². The number of nitrogens with two attached hydrogens (primary N) is 1. The molecule has 310 valence electrons. The van der Waals surface area contributed by atoms with E-state index in [0.29, 0.717) is 52.9 Å². The van der Waals surface area contributed by atoms with Gasteiger partial charge in [0.15, 0.2) is 11.5 Å². The van der Waals surface area contributed by atoms with Crippen LogP contribution in [-0.2, 0) is 15.0 Å². The zero-order valence-corrected chi connectivity index (χ0v) is 34.4. The predicted octanol–water partition coefficient (Wildman–Crippen LogP) is 4.75. The average molecular weight is 811 g/mol. The number of pyridine rings is 2. The Bertz CT molecular complexity index is 2510. The molecule has 60 heavy (non-hydrogen) atoms. The van der Waals surface area contributed by atoms with Gasteiger partial charge in [-0.1, -0.05) is 11.3 Å². The molecule has 1 saturated carbocycles. The van der Waals surface area contributed by atoms with E-state index in [-0.39, 0.29) is 29.2 Å². The molecule has 0 spiro atoms. The molecule has 3 atom stereocenters. The monoisotopic (exact) mass is 810 g/mol. The van der Waals surface area contributed by atoms with Crippen LogP contribution >= 0.6 is 0 Å². The number of rotatable bonds is 11. The Morgan fingerprint density at radius 2 is 1.92 bits per heavy atom. The number of amides is 2. The van der Waals surface area contributed by atoms with Gasteiger partial charge in [0.1, 0.15) is 29.4 Å². The number of carbonyl (C=O) groups excluding carboxylic acids is 2. The normalized spacial score (nSPS) is 22.8. The van der Waals surface area contributed by atoms with Gasteiger partial charge in [0.2, 0.25) is 11.8 Å². The number of aromatic nitrogens is 7. The number of nitrogen functional groups attached to an aromatic ring is 1. The molecule has 5 aromatic rings. The number of ether oxygens (including phenoxy) is 1.